The predicted octanol–water partition coefficient (Wildman–Crippen LogP) is 3.94. The third-order valence-electron chi connectivity index (χ3n) is 6.11. The van der Waals surface area contributed by atoms with Crippen molar-refractivity contribution in [2.45, 2.75) is 19.8 Å². The third-order valence-corrected chi connectivity index (χ3v) is 6.11. The summed E-state index contributed by atoms with van der Waals surface area (Å²) in [4.78, 5) is 6.97. The van der Waals surface area contributed by atoms with Crippen LogP contribution in [0.3, 0.4) is 0 Å². The van der Waals surface area contributed by atoms with Crippen LogP contribution in [0.25, 0.3) is 16.7 Å². The van der Waals surface area contributed by atoms with Crippen molar-refractivity contribution in [3.05, 3.63) is 77.1 Å². The number of rotatable bonds is 1. The fourth-order valence-corrected chi connectivity index (χ4v) is 4.54. The molecule has 0 saturated heterocycles. The highest BCUT2D eigenvalue weighted by atomic mass is 19.1. The van der Waals surface area contributed by atoms with Crippen molar-refractivity contribution in [2.75, 3.05) is 11.4 Å². The van der Waals surface area contributed by atoms with Crippen molar-refractivity contribution < 1.29 is 4.39 Å². The topological polar surface area (TPSA) is 64.1 Å². The van der Waals surface area contributed by atoms with Gasteiger partial charge in [0.25, 0.3) is 5.78 Å². The lowest BCUT2D eigenvalue weighted by atomic mass is 9.96. The minimum atomic E-state index is -0.302. The molecule has 2 aromatic carbocycles. The fraction of sp³-hybridized carbons (Fsp3) is 0.200. The first-order valence-corrected chi connectivity index (χ1v) is 10.8. The molecule has 0 unspecified atom stereocenters. The van der Waals surface area contributed by atoms with Crippen LogP contribution in [0.5, 0.6) is 0 Å². The van der Waals surface area contributed by atoms with Crippen LogP contribution in [0, 0.1) is 24.6 Å². The molecule has 0 fully saturated rings. The lowest BCUT2D eigenvalue weighted by molar-refractivity contribution is 0.629. The van der Waals surface area contributed by atoms with Crippen LogP contribution >= 0.6 is 0 Å². The van der Waals surface area contributed by atoms with Crippen molar-refractivity contribution in [2.24, 2.45) is 7.05 Å². The third kappa shape index (κ3) is 3.12. The van der Waals surface area contributed by atoms with E-state index in [0.717, 1.165) is 47.2 Å². The van der Waals surface area contributed by atoms with E-state index in [1.165, 1.54) is 17.7 Å². The van der Waals surface area contributed by atoms with Gasteiger partial charge in [0.15, 0.2) is 0 Å². The highest BCUT2D eigenvalue weighted by Crippen LogP contribution is 2.38. The van der Waals surface area contributed by atoms with Crippen LogP contribution in [-0.4, -0.2) is 35.9 Å². The van der Waals surface area contributed by atoms with Crippen LogP contribution in [0.2, 0.25) is 0 Å². The zero-order valence-electron chi connectivity index (χ0n) is 18.2. The van der Waals surface area contributed by atoms with Gasteiger partial charge in [0.05, 0.1) is 11.7 Å². The second kappa shape index (κ2) is 7.41. The monoisotopic (exact) mass is 437 g/mol. The summed E-state index contributed by atoms with van der Waals surface area (Å²) >= 11 is 0. The first-order valence-electron chi connectivity index (χ1n) is 10.8. The Morgan fingerprint density at radius 1 is 1.06 bits per heavy atom. The fourth-order valence-electron chi connectivity index (χ4n) is 4.54. The lowest BCUT2D eigenvalue weighted by Gasteiger charge is -2.32. The smallest absolute Gasteiger partial charge is 0.257 e. The Hall–Kier alpha value is -4.25. The van der Waals surface area contributed by atoms with Gasteiger partial charge in [-0.15, -0.1) is 10.2 Å². The number of aryl methyl sites for hydroxylation is 2. The summed E-state index contributed by atoms with van der Waals surface area (Å²) in [5.74, 6) is 8.14. The Morgan fingerprint density at radius 3 is 2.82 bits per heavy atom. The van der Waals surface area contributed by atoms with Crippen LogP contribution in [0.1, 0.15) is 29.1 Å². The van der Waals surface area contributed by atoms with E-state index in [0.29, 0.717) is 17.4 Å². The number of nitrogens with zero attached hydrogens (tertiary/aromatic N) is 7. The molecule has 5 aromatic rings. The van der Waals surface area contributed by atoms with Crippen molar-refractivity contribution in [1.29, 1.82) is 0 Å². The number of anilines is 2. The Balaban J connectivity index is 1.54. The Morgan fingerprint density at radius 2 is 1.97 bits per heavy atom. The number of hydrogen-bond acceptors (Lipinski definition) is 5. The average molecular weight is 437 g/mol. The summed E-state index contributed by atoms with van der Waals surface area (Å²) in [6, 6.07) is 12.8. The van der Waals surface area contributed by atoms with Gasteiger partial charge in [-0.25, -0.2) is 4.39 Å². The second-order valence-corrected chi connectivity index (χ2v) is 8.13. The summed E-state index contributed by atoms with van der Waals surface area (Å²) in [5, 5.41) is 13.3. The SMILES string of the molecule is Cc1nnc2nc(N3CCCc4c(C#Cc5ccnn5C)cccc43)c3cc(F)ccc3n12. The first-order chi connectivity index (χ1) is 16.1. The maximum absolute atomic E-state index is 14.3. The zero-order chi connectivity index (χ0) is 22.5. The molecule has 0 amide bonds. The van der Waals surface area contributed by atoms with Gasteiger partial charge in [-0.3, -0.25) is 9.08 Å². The molecule has 0 bridgehead atoms. The molecule has 33 heavy (non-hydrogen) atoms. The van der Waals surface area contributed by atoms with E-state index in [4.69, 9.17) is 4.98 Å². The molecular weight excluding hydrogens is 417 g/mol. The molecule has 1 aliphatic rings. The van der Waals surface area contributed by atoms with Crippen LogP contribution in [0.4, 0.5) is 15.9 Å². The molecule has 3 aromatic heterocycles. The normalized spacial score (nSPS) is 13.2. The molecule has 6 rings (SSSR count). The molecule has 8 heteroatoms. The van der Waals surface area contributed by atoms with Gasteiger partial charge >= 0.3 is 0 Å². The number of halogens is 1. The molecule has 0 radical (unpaired) electrons. The number of fused-ring (bicyclic) bond motifs is 4. The van der Waals surface area contributed by atoms with Crippen molar-refractivity contribution in [3.63, 3.8) is 0 Å². The highest BCUT2D eigenvalue weighted by molar-refractivity contribution is 5.94. The first kappa shape index (κ1) is 19.4. The molecule has 0 saturated carbocycles. The van der Waals surface area contributed by atoms with Gasteiger partial charge in [0.2, 0.25) is 0 Å². The Bertz CT molecular complexity index is 1600. The van der Waals surface area contributed by atoms with Crippen LogP contribution < -0.4 is 4.90 Å². The molecule has 4 heterocycles. The molecule has 0 atom stereocenters. The van der Waals surface area contributed by atoms with Gasteiger partial charge in [-0.1, -0.05) is 12.0 Å². The summed E-state index contributed by atoms with van der Waals surface area (Å²) in [7, 11) is 1.88. The summed E-state index contributed by atoms with van der Waals surface area (Å²) in [6.45, 7) is 2.64. The van der Waals surface area contributed by atoms with E-state index >= 15 is 0 Å². The lowest BCUT2D eigenvalue weighted by Crippen LogP contribution is -2.26. The molecular formula is C25H20FN7. The number of benzene rings is 2. The maximum atomic E-state index is 14.3. The maximum Gasteiger partial charge on any atom is 0.257 e. The van der Waals surface area contributed by atoms with Crippen LogP contribution in [0.15, 0.2) is 48.7 Å². The highest BCUT2D eigenvalue weighted by Gasteiger charge is 2.24. The standard InChI is InChI=1S/C25H20FN7/c1-16-29-30-25-28-24(21-15-18(26)9-11-23(21)33(16)25)32-14-4-6-20-17(5-3-7-22(20)32)8-10-19-12-13-27-31(19)2/h3,5,7,9,11-13,15H,4,6,14H2,1-2H3. The molecule has 1 aliphatic heterocycles. The van der Waals surface area contributed by atoms with E-state index in [1.54, 1.807) is 16.9 Å². The van der Waals surface area contributed by atoms with Gasteiger partial charge in [0, 0.05) is 30.2 Å². The summed E-state index contributed by atoms with van der Waals surface area (Å²) < 4.78 is 17.9. The molecule has 162 valence electrons. The minimum Gasteiger partial charge on any atom is -0.325 e. The van der Waals surface area contributed by atoms with E-state index < -0.39 is 0 Å². The summed E-state index contributed by atoms with van der Waals surface area (Å²) in [5.41, 5.74) is 4.88. The quantitative estimate of drug-likeness (QED) is 0.372. The van der Waals surface area contributed by atoms with Crippen molar-refractivity contribution in [1.82, 2.24) is 29.4 Å². The van der Waals surface area contributed by atoms with Gasteiger partial charge in [-0.2, -0.15) is 10.1 Å². The second-order valence-electron chi connectivity index (χ2n) is 8.13. The Labute approximate surface area is 189 Å². The van der Waals surface area contributed by atoms with Crippen LogP contribution in [-0.2, 0) is 13.5 Å². The van der Waals surface area contributed by atoms with Gasteiger partial charge < -0.3 is 4.90 Å². The van der Waals surface area contributed by atoms with E-state index in [9.17, 15) is 4.39 Å². The molecule has 0 aliphatic carbocycles. The summed E-state index contributed by atoms with van der Waals surface area (Å²) in [6.07, 6.45) is 3.60. The molecule has 0 N–H and O–H groups in total. The molecule has 7 nitrogen and oxygen atoms in total. The van der Waals surface area contributed by atoms with Gasteiger partial charge in [0.1, 0.15) is 23.2 Å². The number of hydrogen-bond donors (Lipinski definition) is 0. The van der Waals surface area contributed by atoms with Gasteiger partial charge in [-0.05, 0) is 67.6 Å². The van der Waals surface area contributed by atoms with E-state index in [1.807, 2.05) is 36.6 Å². The largest absolute Gasteiger partial charge is 0.325 e. The average Bonchev–Trinajstić information content (AvgIpc) is 3.41. The minimum absolute atomic E-state index is 0.302. The van der Waals surface area contributed by atoms with Crippen molar-refractivity contribution >= 4 is 28.2 Å². The molecule has 0 spiro atoms. The number of aromatic nitrogens is 6. The van der Waals surface area contributed by atoms with E-state index in [2.05, 4.69) is 38.1 Å². The predicted molar refractivity (Wildman–Crippen MR) is 124 cm³/mol. The van der Waals surface area contributed by atoms with Crippen molar-refractivity contribution in [3.8, 4) is 11.8 Å². The Kier molecular flexibility index (Phi) is 4.37. The van der Waals surface area contributed by atoms with E-state index in [-0.39, 0.29) is 5.82 Å². The zero-order valence-corrected chi connectivity index (χ0v) is 18.2.